The zero-order valence-corrected chi connectivity index (χ0v) is 16.4. The molecule has 144 valence electrons. The van der Waals surface area contributed by atoms with Crippen LogP contribution in [0.5, 0.6) is 0 Å². The van der Waals surface area contributed by atoms with E-state index in [9.17, 15) is 9.59 Å². The Morgan fingerprint density at radius 3 is 2.81 bits per heavy atom. The van der Waals surface area contributed by atoms with Crippen LogP contribution >= 0.6 is 23.1 Å². The fraction of sp³-hybridized carbons (Fsp3) is 0.412. The van der Waals surface area contributed by atoms with Crippen LogP contribution < -0.4 is 16.4 Å². The fourth-order valence-corrected chi connectivity index (χ4v) is 4.40. The minimum atomic E-state index is -0.503. The highest BCUT2D eigenvalue weighted by Crippen LogP contribution is 2.29. The van der Waals surface area contributed by atoms with Crippen molar-refractivity contribution < 1.29 is 14.3 Å². The molecular weight excluding hydrogens is 386 g/mol. The van der Waals surface area contributed by atoms with Gasteiger partial charge in [0.1, 0.15) is 0 Å². The van der Waals surface area contributed by atoms with Gasteiger partial charge in [0.25, 0.3) is 0 Å². The van der Waals surface area contributed by atoms with E-state index in [1.54, 1.807) is 31.2 Å². The molecule has 2 heterocycles. The van der Waals surface area contributed by atoms with Gasteiger partial charge in [-0.1, -0.05) is 23.1 Å². The van der Waals surface area contributed by atoms with Gasteiger partial charge < -0.3 is 21.1 Å². The Morgan fingerprint density at radius 1 is 1.37 bits per heavy atom. The maximum absolute atomic E-state index is 12.3. The van der Waals surface area contributed by atoms with Crippen molar-refractivity contribution in [3.63, 3.8) is 0 Å². The Balaban J connectivity index is 1.48. The molecule has 1 aliphatic heterocycles. The fourth-order valence-electron chi connectivity index (χ4n) is 2.50. The molecule has 0 spiro atoms. The first-order valence-corrected chi connectivity index (χ1v) is 10.3. The maximum Gasteiger partial charge on any atom is 0.248 e. The summed E-state index contributed by atoms with van der Waals surface area (Å²) in [5.74, 6) is -0.659. The van der Waals surface area contributed by atoms with E-state index < -0.39 is 5.91 Å². The van der Waals surface area contributed by atoms with Gasteiger partial charge in [0.15, 0.2) is 4.34 Å². The van der Waals surface area contributed by atoms with Gasteiger partial charge in [-0.15, -0.1) is 10.2 Å². The zero-order valence-electron chi connectivity index (χ0n) is 14.8. The Kier molecular flexibility index (Phi) is 6.64. The number of thioether (sulfide) groups is 1. The standard InChI is InChI=1S/C17H21N5O3S2/c1-10(15(24)20-12-6-4-11(5-7-12)14(18)23)26-17-22-21-16(27-17)19-9-13-3-2-8-25-13/h4-7,10,13H,2-3,8-9H2,1H3,(H2,18,23)(H,19,21)(H,20,24)/t10-,13+/m1/s1. The minimum absolute atomic E-state index is 0.157. The molecule has 1 saturated heterocycles. The number of hydrogen-bond donors (Lipinski definition) is 3. The number of carbonyl (C=O) groups is 2. The second-order valence-electron chi connectivity index (χ2n) is 6.08. The van der Waals surface area contributed by atoms with E-state index in [0.717, 1.165) is 35.5 Å². The lowest BCUT2D eigenvalue weighted by Gasteiger charge is -2.10. The molecule has 0 unspecified atom stereocenters. The lowest BCUT2D eigenvalue weighted by atomic mass is 10.2. The first kappa shape index (κ1) is 19.6. The van der Waals surface area contributed by atoms with Crippen molar-refractivity contribution in [1.29, 1.82) is 0 Å². The van der Waals surface area contributed by atoms with Crippen molar-refractivity contribution in [2.75, 3.05) is 23.8 Å². The molecule has 0 radical (unpaired) electrons. The number of nitrogens with two attached hydrogens (primary N) is 1. The summed E-state index contributed by atoms with van der Waals surface area (Å²) in [4.78, 5) is 23.4. The molecule has 3 rings (SSSR count). The second-order valence-corrected chi connectivity index (χ2v) is 8.65. The highest BCUT2D eigenvalue weighted by molar-refractivity contribution is 8.02. The van der Waals surface area contributed by atoms with E-state index in [4.69, 9.17) is 10.5 Å². The number of nitrogens with zero attached hydrogens (tertiary/aromatic N) is 2. The number of hydrogen-bond acceptors (Lipinski definition) is 8. The molecule has 2 aromatic rings. The molecule has 27 heavy (non-hydrogen) atoms. The summed E-state index contributed by atoms with van der Waals surface area (Å²) in [6.45, 7) is 3.34. The minimum Gasteiger partial charge on any atom is -0.376 e. The molecule has 10 heteroatoms. The van der Waals surface area contributed by atoms with Gasteiger partial charge in [0, 0.05) is 24.4 Å². The van der Waals surface area contributed by atoms with E-state index in [2.05, 4.69) is 20.8 Å². The number of anilines is 2. The monoisotopic (exact) mass is 407 g/mol. The van der Waals surface area contributed by atoms with Crippen LogP contribution in [0.1, 0.15) is 30.1 Å². The molecular formula is C17H21N5O3S2. The van der Waals surface area contributed by atoms with Crippen molar-refractivity contribution in [3.8, 4) is 0 Å². The van der Waals surface area contributed by atoms with E-state index in [-0.39, 0.29) is 17.3 Å². The van der Waals surface area contributed by atoms with Crippen LogP contribution in [0.2, 0.25) is 0 Å². The smallest absolute Gasteiger partial charge is 0.248 e. The predicted molar refractivity (Wildman–Crippen MR) is 106 cm³/mol. The highest BCUT2D eigenvalue weighted by Gasteiger charge is 2.19. The maximum atomic E-state index is 12.3. The molecule has 2 atom stereocenters. The second kappa shape index (κ2) is 9.16. The third-order valence-corrected chi connectivity index (χ3v) is 6.06. The summed E-state index contributed by atoms with van der Waals surface area (Å²) in [6.07, 6.45) is 2.39. The van der Waals surface area contributed by atoms with Crippen molar-refractivity contribution >= 4 is 45.7 Å². The number of primary amides is 1. The Morgan fingerprint density at radius 2 is 2.15 bits per heavy atom. The molecule has 1 fully saturated rings. The molecule has 4 N–H and O–H groups in total. The van der Waals surface area contributed by atoms with Crippen molar-refractivity contribution in [1.82, 2.24) is 10.2 Å². The van der Waals surface area contributed by atoms with Crippen LogP contribution in [0.25, 0.3) is 0 Å². The number of carbonyl (C=O) groups excluding carboxylic acids is 2. The zero-order chi connectivity index (χ0) is 19.2. The van der Waals surface area contributed by atoms with Gasteiger partial charge in [0.05, 0.1) is 11.4 Å². The summed E-state index contributed by atoms with van der Waals surface area (Å²) in [5.41, 5.74) is 6.21. The number of aromatic nitrogens is 2. The molecule has 1 aromatic heterocycles. The molecule has 0 saturated carbocycles. The van der Waals surface area contributed by atoms with Crippen LogP contribution in [-0.2, 0) is 9.53 Å². The van der Waals surface area contributed by atoms with E-state index >= 15 is 0 Å². The number of rotatable bonds is 8. The lowest BCUT2D eigenvalue weighted by molar-refractivity contribution is -0.115. The number of nitrogens with one attached hydrogen (secondary N) is 2. The Labute approximate surface area is 165 Å². The molecule has 1 aliphatic rings. The third-order valence-electron chi connectivity index (χ3n) is 4.00. The summed E-state index contributed by atoms with van der Waals surface area (Å²) >= 11 is 2.76. The molecule has 8 nitrogen and oxygen atoms in total. The van der Waals surface area contributed by atoms with Gasteiger partial charge >= 0.3 is 0 Å². The number of amides is 2. The van der Waals surface area contributed by atoms with Crippen LogP contribution in [0, 0.1) is 0 Å². The van der Waals surface area contributed by atoms with Crippen molar-refractivity contribution in [2.45, 2.75) is 35.5 Å². The van der Waals surface area contributed by atoms with Crippen molar-refractivity contribution in [2.24, 2.45) is 5.73 Å². The van der Waals surface area contributed by atoms with E-state index in [1.165, 1.54) is 23.1 Å². The molecule has 0 bridgehead atoms. The van der Waals surface area contributed by atoms with E-state index in [1.807, 2.05) is 0 Å². The summed E-state index contributed by atoms with van der Waals surface area (Å²) in [7, 11) is 0. The molecule has 1 aromatic carbocycles. The third kappa shape index (κ3) is 5.65. The SMILES string of the molecule is C[C@@H](Sc1nnc(NC[C@@H]2CCCO2)s1)C(=O)Nc1ccc(C(N)=O)cc1. The summed E-state index contributed by atoms with van der Waals surface area (Å²) in [5, 5.41) is 14.6. The lowest BCUT2D eigenvalue weighted by Crippen LogP contribution is -2.22. The molecule has 0 aliphatic carbocycles. The van der Waals surface area contributed by atoms with Crippen LogP contribution in [0.4, 0.5) is 10.8 Å². The Hall–Kier alpha value is -2.17. The average molecular weight is 408 g/mol. The summed E-state index contributed by atoms with van der Waals surface area (Å²) in [6, 6.07) is 6.44. The van der Waals surface area contributed by atoms with Gasteiger partial charge in [-0.05, 0) is 44.0 Å². The average Bonchev–Trinajstić information content (AvgIpc) is 3.32. The Bertz CT molecular complexity index is 790. The van der Waals surface area contributed by atoms with Gasteiger partial charge in [-0.3, -0.25) is 9.59 Å². The first-order chi connectivity index (χ1) is 13.0. The van der Waals surface area contributed by atoms with Gasteiger partial charge in [-0.2, -0.15) is 0 Å². The first-order valence-electron chi connectivity index (χ1n) is 8.57. The van der Waals surface area contributed by atoms with E-state index in [0.29, 0.717) is 11.3 Å². The molecule has 2 amide bonds. The summed E-state index contributed by atoms with van der Waals surface area (Å²) < 4.78 is 6.28. The highest BCUT2D eigenvalue weighted by atomic mass is 32.2. The predicted octanol–water partition coefficient (Wildman–Crippen LogP) is 2.35. The largest absolute Gasteiger partial charge is 0.376 e. The van der Waals surface area contributed by atoms with Crippen LogP contribution in [0.15, 0.2) is 28.6 Å². The topological polar surface area (TPSA) is 119 Å². The van der Waals surface area contributed by atoms with Crippen molar-refractivity contribution in [3.05, 3.63) is 29.8 Å². The van der Waals surface area contributed by atoms with Gasteiger partial charge in [-0.25, -0.2) is 0 Å². The number of benzene rings is 1. The quantitative estimate of drug-likeness (QED) is 0.575. The number of ether oxygens (including phenoxy) is 1. The van der Waals surface area contributed by atoms with Crippen LogP contribution in [-0.4, -0.2) is 46.5 Å². The van der Waals surface area contributed by atoms with Gasteiger partial charge in [0.2, 0.25) is 16.9 Å². The normalized spacial score (nSPS) is 17.4. The van der Waals surface area contributed by atoms with Crippen LogP contribution in [0.3, 0.4) is 0 Å².